The average Bonchev–Trinajstić information content (AvgIpc) is 2.95. The first kappa shape index (κ1) is 12.8. The highest BCUT2D eigenvalue weighted by molar-refractivity contribution is 5.11. The predicted molar refractivity (Wildman–Crippen MR) is 71.3 cm³/mol. The van der Waals surface area contributed by atoms with E-state index in [-0.39, 0.29) is 0 Å². The molecule has 0 bridgehead atoms. The third kappa shape index (κ3) is 2.79. The maximum absolute atomic E-state index is 4.47. The molecule has 18 heavy (non-hydrogen) atoms. The number of hydrogen-bond donors (Lipinski definition) is 1. The summed E-state index contributed by atoms with van der Waals surface area (Å²) in [6.07, 6.45) is 4.84. The largest absolute Gasteiger partial charge is 0.328 e. The average molecular weight is 247 g/mol. The summed E-state index contributed by atoms with van der Waals surface area (Å²) in [5.41, 5.74) is 2.35. The van der Waals surface area contributed by atoms with Crippen LogP contribution in [-0.4, -0.2) is 25.9 Å². The fourth-order valence-electron chi connectivity index (χ4n) is 1.95. The monoisotopic (exact) mass is 247 g/mol. The van der Waals surface area contributed by atoms with Gasteiger partial charge in [-0.25, -0.2) is 4.98 Å². The van der Waals surface area contributed by atoms with Crippen LogP contribution in [0.25, 0.3) is 0 Å². The molecule has 2 aromatic rings. The van der Waals surface area contributed by atoms with Gasteiger partial charge in [0.2, 0.25) is 0 Å². The number of hydrogen-bond acceptors (Lipinski definition) is 3. The first-order valence-electron chi connectivity index (χ1n) is 6.47. The molecule has 0 atom stereocenters. The standard InChI is InChI=1S/C13H21N5/c1-4-11-8-12(17(3)16-11)10-18-7-6-15-13(18)9-14-5-2/h6-8,14H,4-5,9-10H2,1-3H3. The van der Waals surface area contributed by atoms with E-state index in [1.807, 2.05) is 24.1 Å². The van der Waals surface area contributed by atoms with E-state index in [0.29, 0.717) is 0 Å². The van der Waals surface area contributed by atoms with Crippen LogP contribution in [0.1, 0.15) is 31.1 Å². The first-order chi connectivity index (χ1) is 8.74. The molecule has 0 aliphatic heterocycles. The molecule has 0 aliphatic rings. The van der Waals surface area contributed by atoms with Crippen molar-refractivity contribution in [3.63, 3.8) is 0 Å². The Balaban J connectivity index is 2.12. The normalized spacial score (nSPS) is 11.1. The maximum Gasteiger partial charge on any atom is 0.123 e. The smallest absolute Gasteiger partial charge is 0.123 e. The minimum atomic E-state index is 0.808. The molecule has 0 radical (unpaired) electrons. The van der Waals surface area contributed by atoms with Crippen LogP contribution in [0.4, 0.5) is 0 Å². The van der Waals surface area contributed by atoms with Crippen molar-refractivity contribution in [3.8, 4) is 0 Å². The summed E-state index contributed by atoms with van der Waals surface area (Å²) in [6, 6.07) is 2.16. The van der Waals surface area contributed by atoms with Crippen molar-refractivity contribution in [2.75, 3.05) is 6.54 Å². The van der Waals surface area contributed by atoms with E-state index in [0.717, 1.165) is 37.6 Å². The Labute approximate surface area is 108 Å². The predicted octanol–water partition coefficient (Wildman–Crippen LogP) is 1.34. The SMILES string of the molecule is CCNCc1nccn1Cc1cc(CC)nn1C. The molecule has 2 rings (SSSR count). The second-order valence-corrected chi connectivity index (χ2v) is 4.36. The summed E-state index contributed by atoms with van der Waals surface area (Å²) in [4.78, 5) is 4.38. The Bertz CT molecular complexity index is 497. The molecule has 5 heteroatoms. The molecule has 0 saturated carbocycles. The number of aryl methyl sites for hydroxylation is 2. The molecule has 0 aromatic carbocycles. The zero-order valence-corrected chi connectivity index (χ0v) is 11.3. The van der Waals surface area contributed by atoms with E-state index >= 15 is 0 Å². The van der Waals surface area contributed by atoms with E-state index < -0.39 is 0 Å². The summed E-state index contributed by atoms with van der Waals surface area (Å²) in [5.74, 6) is 1.07. The van der Waals surface area contributed by atoms with Gasteiger partial charge in [0, 0.05) is 19.4 Å². The van der Waals surface area contributed by atoms with E-state index in [2.05, 4.69) is 39.9 Å². The Morgan fingerprint density at radius 1 is 1.33 bits per heavy atom. The molecule has 2 aromatic heterocycles. The van der Waals surface area contributed by atoms with Gasteiger partial charge in [0.05, 0.1) is 24.5 Å². The van der Waals surface area contributed by atoms with Gasteiger partial charge in [0.15, 0.2) is 0 Å². The number of imidazole rings is 1. The zero-order valence-electron chi connectivity index (χ0n) is 11.3. The second-order valence-electron chi connectivity index (χ2n) is 4.36. The second kappa shape index (κ2) is 5.82. The van der Waals surface area contributed by atoms with Crippen molar-refractivity contribution in [1.29, 1.82) is 0 Å². The summed E-state index contributed by atoms with van der Waals surface area (Å²) in [6.45, 7) is 6.81. The molecule has 0 fully saturated rings. The third-order valence-electron chi connectivity index (χ3n) is 3.06. The van der Waals surface area contributed by atoms with Crippen LogP contribution in [-0.2, 0) is 26.6 Å². The lowest BCUT2D eigenvalue weighted by atomic mass is 10.3. The van der Waals surface area contributed by atoms with Crippen LogP contribution < -0.4 is 5.32 Å². The number of rotatable bonds is 6. The summed E-state index contributed by atoms with van der Waals surface area (Å²) in [7, 11) is 2.00. The summed E-state index contributed by atoms with van der Waals surface area (Å²) in [5, 5.41) is 7.77. The van der Waals surface area contributed by atoms with E-state index in [1.54, 1.807) is 0 Å². The summed E-state index contributed by atoms with van der Waals surface area (Å²) >= 11 is 0. The summed E-state index contributed by atoms with van der Waals surface area (Å²) < 4.78 is 4.12. The van der Waals surface area contributed by atoms with Gasteiger partial charge >= 0.3 is 0 Å². The van der Waals surface area contributed by atoms with Gasteiger partial charge in [-0.15, -0.1) is 0 Å². The molecule has 2 heterocycles. The van der Waals surface area contributed by atoms with E-state index in [9.17, 15) is 0 Å². The first-order valence-corrected chi connectivity index (χ1v) is 6.47. The van der Waals surface area contributed by atoms with Gasteiger partial charge in [-0.3, -0.25) is 4.68 Å². The molecule has 1 N–H and O–H groups in total. The molecule has 0 saturated heterocycles. The zero-order chi connectivity index (χ0) is 13.0. The minimum absolute atomic E-state index is 0.808. The van der Waals surface area contributed by atoms with Gasteiger partial charge in [-0.2, -0.15) is 5.10 Å². The van der Waals surface area contributed by atoms with Crippen molar-refractivity contribution >= 4 is 0 Å². The third-order valence-corrected chi connectivity index (χ3v) is 3.06. The highest BCUT2D eigenvalue weighted by Crippen LogP contribution is 2.08. The number of nitrogens with zero attached hydrogens (tertiary/aromatic N) is 4. The topological polar surface area (TPSA) is 47.7 Å². The molecule has 5 nitrogen and oxygen atoms in total. The highest BCUT2D eigenvalue weighted by Gasteiger charge is 2.07. The van der Waals surface area contributed by atoms with Gasteiger partial charge in [0.1, 0.15) is 5.82 Å². The minimum Gasteiger partial charge on any atom is -0.328 e. The van der Waals surface area contributed by atoms with Crippen molar-refractivity contribution in [3.05, 3.63) is 35.7 Å². The molecular weight excluding hydrogens is 226 g/mol. The lowest BCUT2D eigenvalue weighted by molar-refractivity contribution is 0.610. The van der Waals surface area contributed by atoms with Gasteiger partial charge < -0.3 is 9.88 Å². The van der Waals surface area contributed by atoms with Crippen molar-refractivity contribution in [2.45, 2.75) is 33.4 Å². The molecule has 0 aliphatic carbocycles. The van der Waals surface area contributed by atoms with E-state index in [1.165, 1.54) is 5.69 Å². The molecule has 0 amide bonds. The Hall–Kier alpha value is -1.62. The maximum atomic E-state index is 4.47. The highest BCUT2D eigenvalue weighted by atomic mass is 15.3. The van der Waals surface area contributed by atoms with Gasteiger partial charge in [0.25, 0.3) is 0 Å². The number of nitrogens with one attached hydrogen (secondary N) is 1. The lowest BCUT2D eigenvalue weighted by Gasteiger charge is -2.08. The number of aromatic nitrogens is 4. The molecule has 0 unspecified atom stereocenters. The van der Waals surface area contributed by atoms with Crippen molar-refractivity contribution in [1.82, 2.24) is 24.6 Å². The van der Waals surface area contributed by atoms with Crippen LogP contribution in [0.15, 0.2) is 18.5 Å². The van der Waals surface area contributed by atoms with Gasteiger partial charge in [-0.1, -0.05) is 13.8 Å². The lowest BCUT2D eigenvalue weighted by Crippen LogP contribution is -2.17. The van der Waals surface area contributed by atoms with E-state index in [4.69, 9.17) is 0 Å². The Morgan fingerprint density at radius 3 is 2.83 bits per heavy atom. The molecule has 0 spiro atoms. The van der Waals surface area contributed by atoms with Crippen molar-refractivity contribution < 1.29 is 0 Å². The van der Waals surface area contributed by atoms with Crippen LogP contribution in [0.5, 0.6) is 0 Å². The van der Waals surface area contributed by atoms with Crippen LogP contribution in [0.2, 0.25) is 0 Å². The molecular formula is C13H21N5. The fraction of sp³-hybridized carbons (Fsp3) is 0.538. The Kier molecular flexibility index (Phi) is 4.15. The fourth-order valence-corrected chi connectivity index (χ4v) is 1.95. The van der Waals surface area contributed by atoms with Crippen LogP contribution >= 0.6 is 0 Å². The van der Waals surface area contributed by atoms with Crippen LogP contribution in [0, 0.1) is 0 Å². The van der Waals surface area contributed by atoms with Crippen LogP contribution in [0.3, 0.4) is 0 Å². The quantitative estimate of drug-likeness (QED) is 0.838. The Morgan fingerprint density at radius 2 is 2.17 bits per heavy atom. The molecule has 98 valence electrons. The van der Waals surface area contributed by atoms with Gasteiger partial charge in [-0.05, 0) is 19.0 Å². The van der Waals surface area contributed by atoms with Crippen molar-refractivity contribution in [2.24, 2.45) is 7.05 Å².